The van der Waals surface area contributed by atoms with Gasteiger partial charge < -0.3 is 0 Å². The summed E-state index contributed by atoms with van der Waals surface area (Å²) >= 11 is 9.36. The number of thiazole rings is 2. The van der Waals surface area contributed by atoms with Gasteiger partial charge >= 0.3 is 0 Å². The fourth-order valence-corrected chi connectivity index (χ4v) is 4.16. The SMILES string of the molecule is CCN(C(C)=O)c1nc(/C=C(/Cl)c2nc3ccccc3s2)cs1. The molecule has 0 radical (unpaired) electrons. The van der Waals surface area contributed by atoms with Gasteiger partial charge in [0.05, 0.1) is 20.9 Å². The van der Waals surface area contributed by atoms with Crippen molar-refractivity contribution in [2.75, 3.05) is 11.4 Å². The summed E-state index contributed by atoms with van der Waals surface area (Å²) in [5.74, 6) is -0.0188. The van der Waals surface area contributed by atoms with Crippen LogP contribution in [0.15, 0.2) is 29.6 Å². The quantitative estimate of drug-likeness (QED) is 0.664. The van der Waals surface area contributed by atoms with Crippen LogP contribution in [0.2, 0.25) is 0 Å². The number of aromatic nitrogens is 2. The van der Waals surface area contributed by atoms with Crippen LogP contribution in [0.25, 0.3) is 21.3 Å². The molecule has 0 atom stereocenters. The molecule has 0 aliphatic heterocycles. The van der Waals surface area contributed by atoms with Crippen LogP contribution in [0, 0.1) is 0 Å². The molecule has 0 unspecified atom stereocenters. The Morgan fingerprint density at radius 1 is 1.35 bits per heavy atom. The van der Waals surface area contributed by atoms with Gasteiger partial charge in [-0.1, -0.05) is 23.7 Å². The monoisotopic (exact) mass is 363 g/mol. The van der Waals surface area contributed by atoms with E-state index in [2.05, 4.69) is 9.97 Å². The molecule has 3 rings (SSSR count). The number of carbonyl (C=O) groups is 1. The molecule has 1 aromatic carbocycles. The van der Waals surface area contributed by atoms with Crippen molar-refractivity contribution in [3.8, 4) is 0 Å². The van der Waals surface area contributed by atoms with Gasteiger partial charge in [-0.2, -0.15) is 0 Å². The zero-order valence-corrected chi connectivity index (χ0v) is 15.0. The highest BCUT2D eigenvalue weighted by Crippen LogP contribution is 2.31. The Hall–Kier alpha value is -1.76. The summed E-state index contributed by atoms with van der Waals surface area (Å²) in [5, 5.41) is 3.88. The summed E-state index contributed by atoms with van der Waals surface area (Å²) in [6, 6.07) is 7.92. The second kappa shape index (κ2) is 6.78. The molecule has 0 spiro atoms. The van der Waals surface area contributed by atoms with Crippen LogP contribution >= 0.6 is 34.3 Å². The molecule has 0 saturated heterocycles. The lowest BCUT2D eigenvalue weighted by Gasteiger charge is -2.14. The highest BCUT2D eigenvalue weighted by Gasteiger charge is 2.13. The van der Waals surface area contributed by atoms with Gasteiger partial charge in [-0.3, -0.25) is 9.69 Å². The van der Waals surface area contributed by atoms with Crippen molar-refractivity contribution in [3.63, 3.8) is 0 Å². The van der Waals surface area contributed by atoms with Crippen LogP contribution in [0.3, 0.4) is 0 Å². The van der Waals surface area contributed by atoms with Crippen LogP contribution in [-0.2, 0) is 4.79 Å². The first-order valence-electron chi connectivity index (χ1n) is 7.05. The summed E-state index contributed by atoms with van der Waals surface area (Å²) in [7, 11) is 0. The first-order chi connectivity index (χ1) is 11.1. The second-order valence-electron chi connectivity index (χ2n) is 4.80. The van der Waals surface area contributed by atoms with E-state index in [4.69, 9.17) is 11.6 Å². The molecule has 1 amide bonds. The normalized spacial score (nSPS) is 11.9. The predicted molar refractivity (Wildman–Crippen MR) is 99.2 cm³/mol. The van der Waals surface area contributed by atoms with Crippen LogP contribution in [0.1, 0.15) is 24.5 Å². The summed E-state index contributed by atoms with van der Waals surface area (Å²) in [5.41, 5.74) is 1.67. The molecule has 0 N–H and O–H groups in total. The predicted octanol–water partition coefficient (Wildman–Crippen LogP) is 4.86. The van der Waals surface area contributed by atoms with Crippen LogP contribution in [-0.4, -0.2) is 22.4 Å². The molecule has 23 heavy (non-hydrogen) atoms. The van der Waals surface area contributed by atoms with Crippen molar-refractivity contribution in [1.82, 2.24) is 9.97 Å². The largest absolute Gasteiger partial charge is 0.289 e. The molecular weight excluding hydrogens is 350 g/mol. The second-order valence-corrected chi connectivity index (χ2v) is 7.07. The van der Waals surface area contributed by atoms with E-state index < -0.39 is 0 Å². The van der Waals surface area contributed by atoms with Crippen LogP contribution in [0.5, 0.6) is 0 Å². The molecule has 0 aliphatic carbocycles. The van der Waals surface area contributed by atoms with Gasteiger partial charge in [0, 0.05) is 18.8 Å². The van der Waals surface area contributed by atoms with E-state index in [-0.39, 0.29) is 5.91 Å². The van der Waals surface area contributed by atoms with Crippen LogP contribution < -0.4 is 4.90 Å². The van der Waals surface area contributed by atoms with Crippen molar-refractivity contribution in [1.29, 1.82) is 0 Å². The van der Waals surface area contributed by atoms with E-state index in [0.717, 1.165) is 20.9 Å². The van der Waals surface area contributed by atoms with E-state index in [0.29, 0.717) is 16.7 Å². The maximum atomic E-state index is 11.6. The molecule has 0 bridgehead atoms. The number of amides is 1. The van der Waals surface area contributed by atoms with Gasteiger partial charge in [0.15, 0.2) is 5.13 Å². The number of carbonyl (C=O) groups excluding carboxylic acids is 1. The smallest absolute Gasteiger partial charge is 0.225 e. The molecule has 0 fully saturated rings. The Bertz CT molecular complexity index is 851. The lowest BCUT2D eigenvalue weighted by atomic mass is 10.3. The third-order valence-electron chi connectivity index (χ3n) is 3.21. The zero-order chi connectivity index (χ0) is 16.4. The molecule has 7 heteroatoms. The molecule has 2 heterocycles. The van der Waals surface area contributed by atoms with Gasteiger partial charge in [0.1, 0.15) is 5.01 Å². The fraction of sp³-hybridized carbons (Fsp3) is 0.188. The Balaban J connectivity index is 1.89. The van der Waals surface area contributed by atoms with E-state index in [1.54, 1.807) is 22.3 Å². The van der Waals surface area contributed by atoms with Gasteiger partial charge in [0.2, 0.25) is 5.91 Å². The lowest BCUT2D eigenvalue weighted by Crippen LogP contribution is -2.27. The van der Waals surface area contributed by atoms with Crippen molar-refractivity contribution >= 4 is 66.6 Å². The maximum Gasteiger partial charge on any atom is 0.225 e. The summed E-state index contributed by atoms with van der Waals surface area (Å²) < 4.78 is 1.10. The molecule has 2 aromatic heterocycles. The van der Waals surface area contributed by atoms with Crippen molar-refractivity contribution in [2.45, 2.75) is 13.8 Å². The number of rotatable bonds is 4. The molecule has 118 valence electrons. The number of anilines is 1. The first kappa shape index (κ1) is 16.1. The topological polar surface area (TPSA) is 46.1 Å². The summed E-state index contributed by atoms with van der Waals surface area (Å²) in [6.07, 6.45) is 1.78. The average Bonchev–Trinajstić information content (AvgIpc) is 3.14. The first-order valence-corrected chi connectivity index (χ1v) is 9.12. The molecule has 0 aliphatic rings. The third kappa shape index (κ3) is 3.44. The fourth-order valence-electron chi connectivity index (χ4n) is 2.13. The molecule has 0 saturated carbocycles. The van der Waals surface area contributed by atoms with Crippen molar-refractivity contribution in [2.24, 2.45) is 0 Å². The van der Waals surface area contributed by atoms with Crippen molar-refractivity contribution in [3.05, 3.63) is 40.3 Å². The van der Waals surface area contributed by atoms with E-state index >= 15 is 0 Å². The van der Waals surface area contributed by atoms with Crippen molar-refractivity contribution < 1.29 is 4.79 Å². The third-order valence-corrected chi connectivity index (χ3v) is 5.56. The minimum absolute atomic E-state index is 0.0188. The summed E-state index contributed by atoms with van der Waals surface area (Å²) in [6.45, 7) is 4.05. The molecule has 3 aromatic rings. The minimum Gasteiger partial charge on any atom is -0.289 e. The highest BCUT2D eigenvalue weighted by atomic mass is 35.5. The zero-order valence-electron chi connectivity index (χ0n) is 12.6. The van der Waals surface area contributed by atoms with Gasteiger partial charge in [-0.15, -0.1) is 22.7 Å². The van der Waals surface area contributed by atoms with Gasteiger partial charge in [-0.05, 0) is 25.1 Å². The number of nitrogens with zero attached hydrogens (tertiary/aromatic N) is 3. The Kier molecular flexibility index (Phi) is 4.75. The average molecular weight is 364 g/mol. The minimum atomic E-state index is -0.0188. The lowest BCUT2D eigenvalue weighted by molar-refractivity contribution is -0.116. The highest BCUT2D eigenvalue weighted by molar-refractivity contribution is 7.20. The Morgan fingerprint density at radius 3 is 2.83 bits per heavy atom. The number of fused-ring (bicyclic) bond motifs is 1. The Labute approximate surface area is 147 Å². The molecule has 4 nitrogen and oxygen atoms in total. The van der Waals surface area contributed by atoms with E-state index in [9.17, 15) is 4.79 Å². The number of hydrogen-bond donors (Lipinski definition) is 0. The Morgan fingerprint density at radius 2 is 2.13 bits per heavy atom. The van der Waals surface area contributed by atoms with E-state index in [1.807, 2.05) is 36.6 Å². The van der Waals surface area contributed by atoms with E-state index in [1.165, 1.54) is 18.3 Å². The number of halogens is 1. The summed E-state index contributed by atoms with van der Waals surface area (Å²) in [4.78, 5) is 22.2. The maximum absolute atomic E-state index is 11.6. The number of benzene rings is 1. The van der Waals surface area contributed by atoms with Gasteiger partial charge in [-0.25, -0.2) is 9.97 Å². The van der Waals surface area contributed by atoms with Gasteiger partial charge in [0.25, 0.3) is 0 Å². The standard InChI is InChI=1S/C16H14ClN3OS2/c1-3-20(10(2)21)16-18-11(9-22-16)8-12(17)15-19-13-6-4-5-7-14(13)23-15/h4-9H,3H2,1-2H3/b12-8+. The number of para-hydroxylation sites is 1. The molecular formula is C16H14ClN3OS2. The number of hydrogen-bond acceptors (Lipinski definition) is 5. The van der Waals surface area contributed by atoms with Crippen LogP contribution in [0.4, 0.5) is 5.13 Å².